The molecule has 0 aromatic rings. The van der Waals surface area contributed by atoms with Gasteiger partial charge in [0.2, 0.25) is 0 Å². The van der Waals surface area contributed by atoms with E-state index in [9.17, 15) is 9.90 Å². The Morgan fingerprint density at radius 1 is 1.13 bits per heavy atom. The SMILES string of the molecule is C[C@]1(CO)CCC2=C1CC[C@H]1[C@H]2CCC23OC2C(=O)CC[C@]13C. The lowest BCUT2D eigenvalue weighted by molar-refractivity contribution is -0.124. The van der Waals surface area contributed by atoms with Gasteiger partial charge in [-0.05, 0) is 56.8 Å². The average Bonchev–Trinajstić information content (AvgIpc) is 3.21. The number of allylic oxidation sites excluding steroid dienone is 1. The van der Waals surface area contributed by atoms with Crippen molar-refractivity contribution in [2.45, 2.75) is 76.9 Å². The van der Waals surface area contributed by atoms with E-state index in [1.54, 1.807) is 11.1 Å². The molecule has 2 saturated carbocycles. The summed E-state index contributed by atoms with van der Waals surface area (Å²) in [6, 6.07) is 0. The molecule has 3 nitrogen and oxygen atoms in total. The molecule has 0 radical (unpaired) electrons. The van der Waals surface area contributed by atoms with Crippen LogP contribution < -0.4 is 0 Å². The molecule has 4 aliphatic carbocycles. The highest BCUT2D eigenvalue weighted by atomic mass is 16.6. The summed E-state index contributed by atoms with van der Waals surface area (Å²) >= 11 is 0. The molecule has 0 amide bonds. The van der Waals surface area contributed by atoms with E-state index in [1.807, 2.05) is 0 Å². The number of ether oxygens (including phenoxy) is 1. The summed E-state index contributed by atoms with van der Waals surface area (Å²) in [7, 11) is 0. The summed E-state index contributed by atoms with van der Waals surface area (Å²) in [4.78, 5) is 12.1. The van der Waals surface area contributed by atoms with Crippen LogP contribution in [0.5, 0.6) is 0 Å². The quantitative estimate of drug-likeness (QED) is 0.596. The lowest BCUT2D eigenvalue weighted by Gasteiger charge is -2.54. The van der Waals surface area contributed by atoms with Gasteiger partial charge in [0, 0.05) is 17.3 Å². The minimum absolute atomic E-state index is 0.0392. The van der Waals surface area contributed by atoms with Crippen LogP contribution in [0.3, 0.4) is 0 Å². The smallest absolute Gasteiger partial charge is 0.164 e. The molecule has 2 unspecified atom stereocenters. The van der Waals surface area contributed by atoms with E-state index in [0.29, 0.717) is 30.6 Å². The van der Waals surface area contributed by atoms with E-state index >= 15 is 0 Å². The number of rotatable bonds is 1. The van der Waals surface area contributed by atoms with Gasteiger partial charge in [-0.25, -0.2) is 0 Å². The summed E-state index contributed by atoms with van der Waals surface area (Å²) in [5.41, 5.74) is 3.38. The number of carbonyl (C=O) groups excluding carboxylic acids is 1. The summed E-state index contributed by atoms with van der Waals surface area (Å²) in [5.74, 6) is 1.71. The van der Waals surface area contributed by atoms with Gasteiger partial charge in [-0.1, -0.05) is 25.0 Å². The summed E-state index contributed by atoms with van der Waals surface area (Å²) in [6.07, 6.45) is 8.58. The molecule has 126 valence electrons. The Morgan fingerprint density at radius 3 is 2.74 bits per heavy atom. The van der Waals surface area contributed by atoms with Crippen LogP contribution in [-0.4, -0.2) is 29.2 Å². The van der Waals surface area contributed by atoms with Crippen molar-refractivity contribution in [1.29, 1.82) is 0 Å². The lowest BCUT2D eigenvalue weighted by Crippen LogP contribution is -2.54. The second-order valence-corrected chi connectivity index (χ2v) is 9.28. The van der Waals surface area contributed by atoms with E-state index in [4.69, 9.17) is 4.74 Å². The molecule has 5 aliphatic rings. The Kier molecular flexibility index (Phi) is 2.73. The van der Waals surface area contributed by atoms with Crippen molar-refractivity contribution in [2.24, 2.45) is 22.7 Å². The number of epoxide rings is 1. The third-order valence-electron chi connectivity index (χ3n) is 8.54. The maximum Gasteiger partial charge on any atom is 0.164 e. The second-order valence-electron chi connectivity index (χ2n) is 9.28. The van der Waals surface area contributed by atoms with Gasteiger partial charge < -0.3 is 9.84 Å². The Morgan fingerprint density at radius 2 is 1.96 bits per heavy atom. The number of aliphatic hydroxyl groups is 1. The minimum Gasteiger partial charge on any atom is -0.395 e. The number of Topliss-reactive ketones (excluding diaryl/α,β-unsaturated/α-hetero) is 1. The van der Waals surface area contributed by atoms with Crippen LogP contribution in [0.1, 0.15) is 65.2 Å². The van der Waals surface area contributed by atoms with E-state index in [2.05, 4.69) is 13.8 Å². The molecule has 0 bridgehead atoms. The zero-order chi connectivity index (χ0) is 16.0. The fourth-order valence-electron chi connectivity index (χ4n) is 7.03. The van der Waals surface area contributed by atoms with Crippen LogP contribution in [0, 0.1) is 22.7 Å². The highest BCUT2D eigenvalue weighted by Gasteiger charge is 2.75. The van der Waals surface area contributed by atoms with Crippen LogP contribution in [-0.2, 0) is 9.53 Å². The first-order chi connectivity index (χ1) is 11.0. The third-order valence-corrected chi connectivity index (χ3v) is 8.54. The van der Waals surface area contributed by atoms with Gasteiger partial charge in [-0.2, -0.15) is 0 Å². The van der Waals surface area contributed by atoms with Crippen LogP contribution in [0.15, 0.2) is 11.1 Å². The van der Waals surface area contributed by atoms with Gasteiger partial charge in [0.25, 0.3) is 0 Å². The van der Waals surface area contributed by atoms with Gasteiger partial charge in [0.05, 0.1) is 6.61 Å². The predicted octanol–water partition coefficient (Wildman–Crippen LogP) is 3.40. The maximum atomic E-state index is 12.1. The topological polar surface area (TPSA) is 49.8 Å². The van der Waals surface area contributed by atoms with Crippen LogP contribution >= 0.6 is 0 Å². The molecule has 23 heavy (non-hydrogen) atoms. The van der Waals surface area contributed by atoms with Crippen molar-refractivity contribution in [1.82, 2.24) is 0 Å². The highest BCUT2D eigenvalue weighted by Crippen LogP contribution is 2.70. The number of carbonyl (C=O) groups is 1. The van der Waals surface area contributed by atoms with Crippen molar-refractivity contribution in [3.05, 3.63) is 11.1 Å². The predicted molar refractivity (Wildman–Crippen MR) is 86.9 cm³/mol. The molecule has 1 N–H and O–H groups in total. The second kappa shape index (κ2) is 4.29. The number of fused-ring (bicyclic) bond motifs is 3. The summed E-state index contributed by atoms with van der Waals surface area (Å²) in [6.45, 7) is 4.97. The fraction of sp³-hybridized carbons (Fsp3) is 0.850. The molecule has 0 aromatic heterocycles. The van der Waals surface area contributed by atoms with Gasteiger partial charge in [-0.15, -0.1) is 0 Å². The normalized spacial score (nSPS) is 54.2. The Labute approximate surface area is 138 Å². The molecule has 1 heterocycles. The monoisotopic (exact) mass is 316 g/mol. The Hall–Kier alpha value is -0.670. The molecule has 5 rings (SSSR count). The molecule has 6 atom stereocenters. The van der Waals surface area contributed by atoms with Gasteiger partial charge >= 0.3 is 0 Å². The lowest BCUT2D eigenvalue weighted by atomic mass is 9.48. The minimum atomic E-state index is -0.111. The van der Waals surface area contributed by atoms with E-state index in [-0.39, 0.29) is 22.5 Å². The zero-order valence-electron chi connectivity index (χ0n) is 14.4. The van der Waals surface area contributed by atoms with Crippen molar-refractivity contribution in [3.8, 4) is 0 Å². The van der Waals surface area contributed by atoms with Gasteiger partial charge in [0.1, 0.15) is 11.7 Å². The van der Waals surface area contributed by atoms with Crippen molar-refractivity contribution < 1.29 is 14.6 Å². The fourth-order valence-corrected chi connectivity index (χ4v) is 7.03. The summed E-state index contributed by atoms with van der Waals surface area (Å²) in [5, 5.41) is 9.88. The first-order valence-corrected chi connectivity index (χ1v) is 9.49. The molecule has 1 spiro atoms. The van der Waals surface area contributed by atoms with Gasteiger partial charge in [-0.3, -0.25) is 4.79 Å². The largest absolute Gasteiger partial charge is 0.395 e. The molecule has 1 aliphatic heterocycles. The van der Waals surface area contributed by atoms with Crippen LogP contribution in [0.2, 0.25) is 0 Å². The van der Waals surface area contributed by atoms with Crippen molar-refractivity contribution in [3.63, 3.8) is 0 Å². The first-order valence-electron chi connectivity index (χ1n) is 9.49. The molecule has 1 saturated heterocycles. The third kappa shape index (κ3) is 1.57. The summed E-state index contributed by atoms with van der Waals surface area (Å²) < 4.78 is 6.10. The van der Waals surface area contributed by atoms with Crippen molar-refractivity contribution in [2.75, 3.05) is 6.61 Å². The Bertz CT molecular complexity index is 622. The number of hydrogen-bond acceptors (Lipinski definition) is 3. The van der Waals surface area contributed by atoms with E-state index in [0.717, 1.165) is 25.7 Å². The van der Waals surface area contributed by atoms with Crippen molar-refractivity contribution >= 4 is 5.78 Å². The Balaban J connectivity index is 1.53. The highest BCUT2D eigenvalue weighted by molar-refractivity contribution is 5.88. The first kappa shape index (κ1) is 14.7. The molecule has 3 fully saturated rings. The number of aliphatic hydroxyl groups excluding tert-OH is 1. The van der Waals surface area contributed by atoms with Crippen LogP contribution in [0.4, 0.5) is 0 Å². The number of ketones is 1. The van der Waals surface area contributed by atoms with Crippen LogP contribution in [0.25, 0.3) is 0 Å². The van der Waals surface area contributed by atoms with E-state index in [1.165, 1.54) is 19.3 Å². The molecule has 0 aromatic carbocycles. The average molecular weight is 316 g/mol. The number of hydrogen-bond donors (Lipinski definition) is 1. The maximum absolute atomic E-state index is 12.1. The molecular weight excluding hydrogens is 288 g/mol. The van der Waals surface area contributed by atoms with E-state index < -0.39 is 0 Å². The molecule has 3 heteroatoms. The van der Waals surface area contributed by atoms with Gasteiger partial charge in [0.15, 0.2) is 5.78 Å². The molecular formula is C20H28O3. The standard InChI is InChI=1S/C20H28O3/c1-18(11-21)8-5-12-13-6-10-20-17(23-20)16(22)7-9-19(20,2)15(13)4-3-14(12)18/h13,15,17,21H,3-11H2,1-2H3/t13-,15-,17?,18+,19+,20?/m0/s1. The zero-order valence-corrected chi connectivity index (χ0v) is 14.4.